The largest absolute Gasteiger partial charge is 0.378 e. The van der Waals surface area contributed by atoms with Gasteiger partial charge in [0.25, 0.3) is 0 Å². The number of hydrogen-bond acceptors (Lipinski definition) is 4. The second kappa shape index (κ2) is 7.91. The minimum Gasteiger partial charge on any atom is -0.378 e. The van der Waals surface area contributed by atoms with Crippen molar-refractivity contribution in [3.63, 3.8) is 0 Å². The molecule has 2 rings (SSSR count). The zero-order valence-corrected chi connectivity index (χ0v) is 12.9. The lowest BCUT2D eigenvalue weighted by Crippen LogP contribution is -2.46. The van der Waals surface area contributed by atoms with Crippen LogP contribution in [0.15, 0.2) is 30.3 Å². The molecular weight excluding hydrogens is 282 g/mol. The summed E-state index contributed by atoms with van der Waals surface area (Å²) in [6.45, 7) is 2.37. The summed E-state index contributed by atoms with van der Waals surface area (Å²) in [5.74, 6) is -0.176. The molecule has 1 unspecified atom stereocenters. The second-order valence-electron chi connectivity index (χ2n) is 5.46. The third-order valence-electron chi connectivity index (χ3n) is 3.78. The number of likely N-dealkylation sites (N-methyl/N-ethyl adjacent to an activating group) is 1. The fourth-order valence-corrected chi connectivity index (χ4v) is 2.37. The molecule has 2 N–H and O–H groups in total. The molecule has 0 radical (unpaired) electrons. The Hall–Kier alpha value is -1.92. The highest BCUT2D eigenvalue weighted by atomic mass is 16.5. The smallest absolute Gasteiger partial charge is 0.242 e. The van der Waals surface area contributed by atoms with Crippen molar-refractivity contribution in [2.24, 2.45) is 5.73 Å². The molecule has 6 heteroatoms. The van der Waals surface area contributed by atoms with Crippen LogP contribution in [-0.4, -0.2) is 61.5 Å². The van der Waals surface area contributed by atoms with Crippen molar-refractivity contribution in [3.05, 3.63) is 35.9 Å². The molecule has 22 heavy (non-hydrogen) atoms. The van der Waals surface area contributed by atoms with Crippen LogP contribution in [0.4, 0.5) is 0 Å². The Kier molecular flexibility index (Phi) is 5.91. The van der Waals surface area contributed by atoms with Gasteiger partial charge < -0.3 is 20.3 Å². The Labute approximate surface area is 130 Å². The molecule has 1 saturated heterocycles. The normalized spacial score (nSPS) is 16.2. The number of nitrogens with two attached hydrogens (primary N) is 1. The molecule has 6 nitrogen and oxygen atoms in total. The molecule has 1 atom stereocenters. The predicted octanol–water partition coefficient (Wildman–Crippen LogP) is 0.394. The van der Waals surface area contributed by atoms with Crippen molar-refractivity contribution in [1.82, 2.24) is 9.80 Å². The fourth-order valence-electron chi connectivity index (χ4n) is 2.37. The van der Waals surface area contributed by atoms with Crippen LogP contribution in [0.5, 0.6) is 0 Å². The zero-order chi connectivity index (χ0) is 15.9. The van der Waals surface area contributed by atoms with Gasteiger partial charge in [0.1, 0.15) is 0 Å². The molecule has 0 aliphatic carbocycles. The van der Waals surface area contributed by atoms with Crippen LogP contribution in [-0.2, 0) is 14.3 Å². The van der Waals surface area contributed by atoms with Crippen molar-refractivity contribution < 1.29 is 14.3 Å². The van der Waals surface area contributed by atoms with Crippen LogP contribution >= 0.6 is 0 Å². The highest BCUT2D eigenvalue weighted by Crippen LogP contribution is 2.14. The number of carbonyl (C=O) groups is 2. The third-order valence-corrected chi connectivity index (χ3v) is 3.78. The number of hydrogen-bond donors (Lipinski definition) is 1. The molecule has 120 valence electrons. The van der Waals surface area contributed by atoms with Crippen LogP contribution in [0.3, 0.4) is 0 Å². The maximum absolute atomic E-state index is 12.2. The first-order valence-electron chi connectivity index (χ1n) is 7.48. The predicted molar refractivity (Wildman–Crippen MR) is 83.0 cm³/mol. The van der Waals surface area contributed by atoms with E-state index in [4.69, 9.17) is 10.5 Å². The summed E-state index contributed by atoms with van der Waals surface area (Å²) >= 11 is 0. The van der Waals surface area contributed by atoms with Crippen molar-refractivity contribution in [2.75, 3.05) is 39.9 Å². The van der Waals surface area contributed by atoms with Crippen LogP contribution < -0.4 is 5.73 Å². The van der Waals surface area contributed by atoms with Gasteiger partial charge in [0, 0.05) is 32.6 Å². The maximum Gasteiger partial charge on any atom is 0.242 e. The molecular formula is C16H23N3O3. The molecule has 1 aliphatic heterocycles. The summed E-state index contributed by atoms with van der Waals surface area (Å²) in [4.78, 5) is 27.5. The van der Waals surface area contributed by atoms with E-state index in [9.17, 15) is 9.59 Å². The summed E-state index contributed by atoms with van der Waals surface area (Å²) in [7, 11) is 1.64. The first-order chi connectivity index (χ1) is 10.6. The van der Waals surface area contributed by atoms with Crippen molar-refractivity contribution in [1.29, 1.82) is 0 Å². The molecule has 1 aromatic carbocycles. The Morgan fingerprint density at radius 2 is 1.91 bits per heavy atom. The van der Waals surface area contributed by atoms with E-state index in [0.717, 1.165) is 5.56 Å². The topological polar surface area (TPSA) is 75.9 Å². The minimum atomic E-state index is -0.352. The van der Waals surface area contributed by atoms with E-state index in [1.165, 1.54) is 4.90 Å². The molecule has 1 heterocycles. The quantitative estimate of drug-likeness (QED) is 0.854. The Morgan fingerprint density at radius 1 is 1.27 bits per heavy atom. The molecule has 0 spiro atoms. The van der Waals surface area contributed by atoms with Gasteiger partial charge in [-0.05, 0) is 5.56 Å². The van der Waals surface area contributed by atoms with E-state index in [1.54, 1.807) is 11.9 Å². The number of amides is 2. The van der Waals surface area contributed by atoms with Gasteiger partial charge in [-0.2, -0.15) is 0 Å². The van der Waals surface area contributed by atoms with E-state index in [1.807, 2.05) is 30.3 Å². The molecule has 1 fully saturated rings. The lowest BCUT2D eigenvalue weighted by Gasteiger charge is -2.29. The van der Waals surface area contributed by atoms with Gasteiger partial charge in [-0.25, -0.2) is 0 Å². The van der Waals surface area contributed by atoms with Crippen LogP contribution in [0.1, 0.15) is 18.0 Å². The average molecular weight is 305 g/mol. The van der Waals surface area contributed by atoms with Gasteiger partial charge in [0.15, 0.2) is 0 Å². The van der Waals surface area contributed by atoms with Crippen LogP contribution in [0, 0.1) is 0 Å². The first-order valence-corrected chi connectivity index (χ1v) is 7.48. The summed E-state index contributed by atoms with van der Waals surface area (Å²) in [5.41, 5.74) is 6.97. The number of carbonyl (C=O) groups excluding carboxylic acids is 2. The van der Waals surface area contributed by atoms with Gasteiger partial charge >= 0.3 is 0 Å². The van der Waals surface area contributed by atoms with E-state index in [-0.39, 0.29) is 30.8 Å². The minimum absolute atomic E-state index is 0.0487. The SMILES string of the molecule is CN(CC(=O)N1CCOCC1)C(=O)CC(N)c1ccccc1. The van der Waals surface area contributed by atoms with E-state index in [2.05, 4.69) is 0 Å². The fraction of sp³-hybridized carbons (Fsp3) is 0.500. The number of nitrogens with zero attached hydrogens (tertiary/aromatic N) is 2. The van der Waals surface area contributed by atoms with Gasteiger partial charge in [0.2, 0.25) is 11.8 Å². The maximum atomic E-state index is 12.2. The van der Waals surface area contributed by atoms with Gasteiger partial charge in [-0.15, -0.1) is 0 Å². The average Bonchev–Trinajstić information content (AvgIpc) is 2.56. The monoisotopic (exact) mass is 305 g/mol. The van der Waals surface area contributed by atoms with E-state index >= 15 is 0 Å². The summed E-state index contributed by atoms with van der Waals surface area (Å²) in [5, 5.41) is 0. The van der Waals surface area contributed by atoms with Gasteiger partial charge in [-0.1, -0.05) is 30.3 Å². The van der Waals surface area contributed by atoms with E-state index < -0.39 is 0 Å². The summed E-state index contributed by atoms with van der Waals surface area (Å²) in [6, 6.07) is 9.14. The third kappa shape index (κ3) is 4.54. The lowest BCUT2D eigenvalue weighted by molar-refractivity contribution is -0.142. The van der Waals surface area contributed by atoms with E-state index in [0.29, 0.717) is 26.3 Å². The summed E-state index contributed by atoms with van der Waals surface area (Å²) < 4.78 is 5.21. The standard InChI is InChI=1S/C16H23N3O3/c1-18(12-16(21)19-7-9-22-10-8-19)15(20)11-14(17)13-5-3-2-4-6-13/h2-6,14H,7-12,17H2,1H3. The van der Waals surface area contributed by atoms with Crippen molar-refractivity contribution >= 4 is 11.8 Å². The second-order valence-corrected chi connectivity index (χ2v) is 5.46. The summed E-state index contributed by atoms with van der Waals surface area (Å²) in [6.07, 6.45) is 0.191. The number of benzene rings is 1. The highest BCUT2D eigenvalue weighted by molar-refractivity contribution is 5.85. The Balaban J connectivity index is 1.82. The molecule has 1 aliphatic rings. The Morgan fingerprint density at radius 3 is 2.55 bits per heavy atom. The molecule has 2 amide bonds. The lowest BCUT2D eigenvalue weighted by atomic mass is 10.0. The number of morpholine rings is 1. The molecule has 0 aromatic heterocycles. The molecule has 1 aromatic rings. The number of rotatable bonds is 5. The van der Waals surface area contributed by atoms with Crippen molar-refractivity contribution in [2.45, 2.75) is 12.5 Å². The van der Waals surface area contributed by atoms with Crippen molar-refractivity contribution in [3.8, 4) is 0 Å². The number of ether oxygens (including phenoxy) is 1. The Bertz CT molecular complexity index is 501. The van der Waals surface area contributed by atoms with Gasteiger partial charge in [-0.3, -0.25) is 9.59 Å². The first kappa shape index (κ1) is 16.5. The molecule has 0 saturated carbocycles. The van der Waals surface area contributed by atoms with Crippen LogP contribution in [0.25, 0.3) is 0 Å². The van der Waals surface area contributed by atoms with Gasteiger partial charge in [0.05, 0.1) is 19.8 Å². The van der Waals surface area contributed by atoms with Crippen LogP contribution in [0.2, 0.25) is 0 Å². The highest BCUT2D eigenvalue weighted by Gasteiger charge is 2.21. The zero-order valence-electron chi connectivity index (χ0n) is 12.9. The molecule has 0 bridgehead atoms.